The fourth-order valence-corrected chi connectivity index (χ4v) is 2.16. The van der Waals surface area contributed by atoms with Crippen LogP contribution in [0, 0.1) is 11.8 Å². The lowest BCUT2D eigenvalue weighted by molar-refractivity contribution is 0.682. The van der Waals surface area contributed by atoms with Crippen LogP contribution in [0.1, 0.15) is 47.5 Å². The van der Waals surface area contributed by atoms with Gasteiger partial charge in [-0.15, -0.1) is 0 Å². The molecule has 0 aromatic carbocycles. The molecule has 78 valence electrons. The van der Waals surface area contributed by atoms with Gasteiger partial charge in [0, 0.05) is 0 Å². The summed E-state index contributed by atoms with van der Waals surface area (Å²) in [5.74, 6) is 1.75. The number of hydrogen-bond acceptors (Lipinski definition) is 0. The largest absolute Gasteiger partial charge is 0.140 e. The third-order valence-corrected chi connectivity index (χ3v) is 2.58. The maximum Gasteiger partial charge on any atom is 0.140 e. The average molecular weight is 182 g/mol. The lowest BCUT2D eigenvalue weighted by Crippen LogP contribution is -2.17. The summed E-state index contributed by atoms with van der Waals surface area (Å²) < 4.78 is 0. The summed E-state index contributed by atoms with van der Waals surface area (Å²) in [5, 5.41) is 0. The van der Waals surface area contributed by atoms with Crippen LogP contribution in [0.25, 0.3) is 0 Å². The Hall–Kier alpha value is 0.0649. The Morgan fingerprint density at radius 2 is 1.38 bits per heavy atom. The normalized spacial score (nSPS) is 11.3. The van der Waals surface area contributed by atoms with Crippen molar-refractivity contribution >= 4 is 6.71 Å². The van der Waals surface area contributed by atoms with Crippen LogP contribution in [-0.2, 0) is 0 Å². The molecule has 0 saturated carbocycles. The molecule has 0 aliphatic heterocycles. The highest BCUT2D eigenvalue weighted by atomic mass is 14.0. The first-order valence-electron chi connectivity index (χ1n) is 6.06. The summed E-state index contributed by atoms with van der Waals surface area (Å²) >= 11 is 0. The molecular formula is C12H27B. The highest BCUT2D eigenvalue weighted by Crippen LogP contribution is 2.19. The lowest BCUT2D eigenvalue weighted by Gasteiger charge is -2.17. The standard InChI is InChI=1S/C12H27B/c1-6-7-8-13(9-11(2)3)10-12(4)5/h11-12H,6-10H2,1-5H3. The molecule has 0 nitrogen and oxygen atoms in total. The van der Waals surface area contributed by atoms with Gasteiger partial charge in [-0.05, 0) is 0 Å². The van der Waals surface area contributed by atoms with Gasteiger partial charge >= 0.3 is 0 Å². The second-order valence-corrected chi connectivity index (χ2v) is 5.27. The van der Waals surface area contributed by atoms with Crippen molar-refractivity contribution in [2.75, 3.05) is 0 Å². The van der Waals surface area contributed by atoms with Gasteiger partial charge in [0.15, 0.2) is 0 Å². The first kappa shape index (κ1) is 13.1. The Kier molecular flexibility index (Phi) is 7.50. The molecule has 0 atom stereocenters. The Labute approximate surface area is 85.6 Å². The minimum Gasteiger partial charge on any atom is -0.0741 e. The van der Waals surface area contributed by atoms with Gasteiger partial charge in [-0.1, -0.05) is 78.3 Å². The summed E-state index contributed by atoms with van der Waals surface area (Å²) in [6, 6.07) is 0. The van der Waals surface area contributed by atoms with E-state index in [1.54, 1.807) is 0 Å². The summed E-state index contributed by atoms with van der Waals surface area (Å²) in [6.07, 6.45) is 7.08. The minimum atomic E-state index is 0.876. The Morgan fingerprint density at radius 1 is 0.923 bits per heavy atom. The van der Waals surface area contributed by atoms with E-state index in [9.17, 15) is 0 Å². The number of rotatable bonds is 7. The second-order valence-electron chi connectivity index (χ2n) is 5.27. The molecule has 0 aliphatic carbocycles. The van der Waals surface area contributed by atoms with Crippen molar-refractivity contribution in [3.05, 3.63) is 0 Å². The third-order valence-electron chi connectivity index (χ3n) is 2.58. The monoisotopic (exact) mass is 182 g/mol. The van der Waals surface area contributed by atoms with Crippen LogP contribution in [0.4, 0.5) is 0 Å². The molecule has 0 fully saturated rings. The molecule has 0 rings (SSSR count). The SMILES string of the molecule is CCCCB(CC(C)C)CC(C)C. The molecule has 0 unspecified atom stereocenters. The van der Waals surface area contributed by atoms with E-state index in [0.29, 0.717) is 0 Å². The van der Waals surface area contributed by atoms with Crippen LogP contribution in [0.2, 0.25) is 19.0 Å². The predicted octanol–water partition coefficient (Wildman–Crippen LogP) is 4.59. The molecule has 0 aromatic rings. The molecule has 0 saturated heterocycles. The van der Waals surface area contributed by atoms with Crippen molar-refractivity contribution in [2.24, 2.45) is 11.8 Å². The van der Waals surface area contributed by atoms with Crippen molar-refractivity contribution < 1.29 is 0 Å². The van der Waals surface area contributed by atoms with Crippen LogP contribution in [0.15, 0.2) is 0 Å². The predicted molar refractivity (Wildman–Crippen MR) is 64.8 cm³/mol. The first-order chi connectivity index (χ1) is 6.06. The fraction of sp³-hybridized carbons (Fsp3) is 1.00. The molecule has 0 amide bonds. The van der Waals surface area contributed by atoms with Crippen LogP contribution < -0.4 is 0 Å². The van der Waals surface area contributed by atoms with Crippen LogP contribution in [0.3, 0.4) is 0 Å². The van der Waals surface area contributed by atoms with Gasteiger partial charge in [-0.2, -0.15) is 0 Å². The van der Waals surface area contributed by atoms with Gasteiger partial charge in [-0.3, -0.25) is 0 Å². The quantitative estimate of drug-likeness (QED) is 0.505. The van der Waals surface area contributed by atoms with Crippen molar-refractivity contribution in [2.45, 2.75) is 66.4 Å². The van der Waals surface area contributed by atoms with Gasteiger partial charge in [0.05, 0.1) is 0 Å². The van der Waals surface area contributed by atoms with E-state index < -0.39 is 0 Å². The van der Waals surface area contributed by atoms with Gasteiger partial charge in [-0.25, -0.2) is 0 Å². The molecule has 0 radical (unpaired) electrons. The van der Waals surface area contributed by atoms with Gasteiger partial charge in [0.2, 0.25) is 0 Å². The summed E-state index contributed by atoms with van der Waals surface area (Å²) in [5.41, 5.74) is 0. The highest BCUT2D eigenvalue weighted by molar-refractivity contribution is 6.58. The topological polar surface area (TPSA) is 0 Å². The van der Waals surface area contributed by atoms with Crippen molar-refractivity contribution in [1.29, 1.82) is 0 Å². The van der Waals surface area contributed by atoms with Gasteiger partial charge in [0.25, 0.3) is 0 Å². The van der Waals surface area contributed by atoms with Crippen molar-refractivity contribution in [1.82, 2.24) is 0 Å². The van der Waals surface area contributed by atoms with Crippen LogP contribution in [0.5, 0.6) is 0 Å². The van der Waals surface area contributed by atoms with E-state index in [2.05, 4.69) is 34.6 Å². The third kappa shape index (κ3) is 8.40. The zero-order valence-corrected chi connectivity index (χ0v) is 10.3. The zero-order chi connectivity index (χ0) is 10.3. The second kappa shape index (κ2) is 7.47. The average Bonchev–Trinajstić information content (AvgIpc) is 1.98. The zero-order valence-electron chi connectivity index (χ0n) is 10.3. The Balaban J connectivity index is 3.73. The van der Waals surface area contributed by atoms with E-state index in [4.69, 9.17) is 0 Å². The summed E-state index contributed by atoms with van der Waals surface area (Å²) in [6.45, 7) is 12.7. The van der Waals surface area contributed by atoms with E-state index in [1.165, 1.54) is 31.8 Å². The molecule has 1 heteroatoms. The fourth-order valence-electron chi connectivity index (χ4n) is 2.16. The van der Waals surface area contributed by atoms with Crippen molar-refractivity contribution in [3.8, 4) is 0 Å². The van der Waals surface area contributed by atoms with E-state index in [1.807, 2.05) is 0 Å². The summed E-state index contributed by atoms with van der Waals surface area (Å²) in [4.78, 5) is 0. The van der Waals surface area contributed by atoms with E-state index in [0.717, 1.165) is 18.5 Å². The molecule has 13 heavy (non-hydrogen) atoms. The van der Waals surface area contributed by atoms with E-state index >= 15 is 0 Å². The van der Waals surface area contributed by atoms with Gasteiger partial charge in [0.1, 0.15) is 6.71 Å². The molecular weight excluding hydrogens is 155 g/mol. The Bertz CT molecular complexity index is 97.7. The van der Waals surface area contributed by atoms with E-state index in [-0.39, 0.29) is 0 Å². The number of hydrogen-bond donors (Lipinski definition) is 0. The van der Waals surface area contributed by atoms with Crippen molar-refractivity contribution in [3.63, 3.8) is 0 Å². The Morgan fingerprint density at radius 3 is 1.69 bits per heavy atom. The molecule has 0 spiro atoms. The molecule has 0 aromatic heterocycles. The lowest BCUT2D eigenvalue weighted by atomic mass is 9.39. The number of unbranched alkanes of at least 4 members (excludes halogenated alkanes) is 1. The van der Waals surface area contributed by atoms with Gasteiger partial charge < -0.3 is 0 Å². The highest BCUT2D eigenvalue weighted by Gasteiger charge is 2.15. The molecule has 0 bridgehead atoms. The van der Waals surface area contributed by atoms with Crippen LogP contribution >= 0.6 is 0 Å². The first-order valence-corrected chi connectivity index (χ1v) is 6.06. The molecule has 0 heterocycles. The minimum absolute atomic E-state index is 0.876. The maximum atomic E-state index is 2.35. The smallest absolute Gasteiger partial charge is 0.0741 e. The molecule has 0 aliphatic rings. The maximum absolute atomic E-state index is 2.35. The molecule has 0 N–H and O–H groups in total. The van der Waals surface area contributed by atoms with Crippen LogP contribution in [-0.4, -0.2) is 6.71 Å². The summed E-state index contributed by atoms with van der Waals surface area (Å²) in [7, 11) is 0.